The molecule has 2 aromatic rings. The minimum absolute atomic E-state index is 0.0531. The van der Waals surface area contributed by atoms with Crippen LogP contribution in [0.5, 0.6) is 0 Å². The molecule has 0 N–H and O–H groups in total. The number of hydrogen-bond donors (Lipinski definition) is 0. The van der Waals surface area contributed by atoms with Crippen LogP contribution >= 0.6 is 0 Å². The van der Waals surface area contributed by atoms with E-state index in [4.69, 9.17) is 4.74 Å². The molecule has 3 heterocycles. The van der Waals surface area contributed by atoms with Gasteiger partial charge in [0.05, 0.1) is 24.1 Å². The Bertz CT molecular complexity index is 935. The highest BCUT2D eigenvalue weighted by molar-refractivity contribution is 5.81. The summed E-state index contributed by atoms with van der Waals surface area (Å²) in [7, 11) is 0. The fourth-order valence-corrected chi connectivity index (χ4v) is 3.84. The number of carbonyl (C=O) groups excluding carboxylic acids is 2. The highest BCUT2D eigenvalue weighted by Crippen LogP contribution is 2.17. The van der Waals surface area contributed by atoms with E-state index in [9.17, 15) is 14.4 Å². The van der Waals surface area contributed by atoms with Gasteiger partial charge in [-0.2, -0.15) is 5.10 Å². The van der Waals surface area contributed by atoms with Gasteiger partial charge in [-0.15, -0.1) is 0 Å². The molecule has 28 heavy (non-hydrogen) atoms. The third-order valence-corrected chi connectivity index (χ3v) is 5.49. The lowest BCUT2D eigenvalue weighted by Crippen LogP contribution is -2.41. The zero-order valence-corrected chi connectivity index (χ0v) is 15.7. The lowest BCUT2D eigenvalue weighted by Gasteiger charge is -2.24. The van der Waals surface area contributed by atoms with Gasteiger partial charge >= 0.3 is 0 Å². The predicted molar refractivity (Wildman–Crippen MR) is 103 cm³/mol. The molecule has 8 heteroatoms. The molecule has 0 aliphatic carbocycles. The molecule has 1 aromatic heterocycles. The summed E-state index contributed by atoms with van der Waals surface area (Å²) in [6, 6.07) is 7.21. The third kappa shape index (κ3) is 3.77. The quantitative estimate of drug-likeness (QED) is 0.769. The molecule has 0 saturated carbocycles. The maximum absolute atomic E-state index is 12.7. The molecule has 1 aromatic carbocycles. The van der Waals surface area contributed by atoms with E-state index in [0.717, 1.165) is 18.2 Å². The van der Waals surface area contributed by atoms with Gasteiger partial charge in [0.15, 0.2) is 0 Å². The fourth-order valence-electron chi connectivity index (χ4n) is 3.84. The smallest absolute Gasteiger partial charge is 0.275 e. The van der Waals surface area contributed by atoms with Crippen molar-refractivity contribution in [3.63, 3.8) is 0 Å². The first-order chi connectivity index (χ1) is 13.6. The lowest BCUT2D eigenvalue weighted by atomic mass is 10.1. The number of carbonyl (C=O) groups is 2. The summed E-state index contributed by atoms with van der Waals surface area (Å²) in [5.74, 6) is -0.0785. The summed E-state index contributed by atoms with van der Waals surface area (Å²) >= 11 is 0. The van der Waals surface area contributed by atoms with E-state index in [0.29, 0.717) is 44.8 Å². The summed E-state index contributed by atoms with van der Waals surface area (Å²) < 4.78 is 6.53. The van der Waals surface area contributed by atoms with Crippen LogP contribution in [-0.4, -0.2) is 70.8 Å². The number of fused-ring (bicyclic) bond motifs is 1. The molecule has 1 atom stereocenters. The Morgan fingerprint density at radius 2 is 1.89 bits per heavy atom. The molecule has 2 saturated heterocycles. The standard InChI is InChI=1S/C20H24N4O4/c25-18(13-24-20(27)17-5-2-1-4-15(17)12-21-24)22-7-3-8-23(10-9-22)19(26)16-6-11-28-14-16/h1-2,4-5,12,16H,3,6-11,13-14H2. The second kappa shape index (κ2) is 8.10. The highest BCUT2D eigenvalue weighted by Gasteiger charge is 2.30. The van der Waals surface area contributed by atoms with Crippen molar-refractivity contribution >= 4 is 22.6 Å². The molecule has 2 aliphatic heterocycles. The maximum Gasteiger partial charge on any atom is 0.275 e. The molecule has 2 fully saturated rings. The Morgan fingerprint density at radius 1 is 1.11 bits per heavy atom. The van der Waals surface area contributed by atoms with E-state index in [-0.39, 0.29) is 29.8 Å². The fraction of sp³-hybridized carbons (Fsp3) is 0.500. The zero-order chi connectivity index (χ0) is 19.5. The molecule has 4 rings (SSSR count). The largest absolute Gasteiger partial charge is 0.381 e. The minimum atomic E-state index is -0.265. The number of rotatable bonds is 3. The zero-order valence-electron chi connectivity index (χ0n) is 15.7. The van der Waals surface area contributed by atoms with Crippen LogP contribution in [0, 0.1) is 5.92 Å². The molecule has 2 amide bonds. The van der Waals surface area contributed by atoms with Gasteiger partial charge in [-0.1, -0.05) is 18.2 Å². The Labute approximate surface area is 162 Å². The van der Waals surface area contributed by atoms with E-state index >= 15 is 0 Å². The van der Waals surface area contributed by atoms with E-state index in [2.05, 4.69) is 5.10 Å². The van der Waals surface area contributed by atoms with Gasteiger partial charge < -0.3 is 14.5 Å². The number of ether oxygens (including phenoxy) is 1. The van der Waals surface area contributed by atoms with Gasteiger partial charge in [0.1, 0.15) is 6.54 Å². The molecule has 0 bridgehead atoms. The topological polar surface area (TPSA) is 84.7 Å². The van der Waals surface area contributed by atoms with E-state index in [1.165, 1.54) is 4.68 Å². The Kier molecular flexibility index (Phi) is 5.38. The number of benzene rings is 1. The van der Waals surface area contributed by atoms with Crippen LogP contribution in [-0.2, 0) is 20.9 Å². The summed E-state index contributed by atoms with van der Waals surface area (Å²) in [6.45, 7) is 3.26. The summed E-state index contributed by atoms with van der Waals surface area (Å²) in [5, 5.41) is 5.45. The van der Waals surface area contributed by atoms with Crippen LogP contribution in [0.15, 0.2) is 35.3 Å². The number of aromatic nitrogens is 2. The van der Waals surface area contributed by atoms with Gasteiger partial charge in [0.25, 0.3) is 5.56 Å². The van der Waals surface area contributed by atoms with E-state index < -0.39 is 0 Å². The first-order valence-corrected chi connectivity index (χ1v) is 9.72. The summed E-state index contributed by atoms with van der Waals surface area (Å²) in [4.78, 5) is 41.5. The van der Waals surface area contributed by atoms with Crippen molar-refractivity contribution < 1.29 is 14.3 Å². The first kappa shape index (κ1) is 18.6. The van der Waals surface area contributed by atoms with Crippen molar-refractivity contribution in [2.24, 2.45) is 5.92 Å². The normalized spacial score (nSPS) is 20.4. The van der Waals surface area contributed by atoms with Gasteiger partial charge in [-0.3, -0.25) is 14.4 Å². The SMILES string of the molecule is O=C(Cn1ncc2ccccc2c1=O)N1CCCN(C(=O)C2CCOC2)CC1. The van der Waals surface area contributed by atoms with Gasteiger partial charge in [-0.25, -0.2) is 4.68 Å². The van der Waals surface area contributed by atoms with Gasteiger partial charge in [0, 0.05) is 38.2 Å². The second-order valence-corrected chi connectivity index (χ2v) is 7.31. The van der Waals surface area contributed by atoms with Crippen molar-refractivity contribution in [1.82, 2.24) is 19.6 Å². The molecule has 148 valence electrons. The van der Waals surface area contributed by atoms with Crippen LogP contribution in [0.25, 0.3) is 10.8 Å². The molecular weight excluding hydrogens is 360 g/mol. The Morgan fingerprint density at radius 3 is 2.71 bits per heavy atom. The van der Waals surface area contributed by atoms with E-state index in [1.54, 1.807) is 23.2 Å². The molecule has 2 aliphatic rings. The first-order valence-electron chi connectivity index (χ1n) is 9.72. The average molecular weight is 384 g/mol. The van der Waals surface area contributed by atoms with Crippen molar-refractivity contribution in [2.75, 3.05) is 39.4 Å². The van der Waals surface area contributed by atoms with Crippen LogP contribution in [0.1, 0.15) is 12.8 Å². The third-order valence-electron chi connectivity index (χ3n) is 5.49. The number of amides is 2. The lowest BCUT2D eigenvalue weighted by molar-refractivity contribution is -0.136. The monoisotopic (exact) mass is 384 g/mol. The maximum atomic E-state index is 12.7. The Balaban J connectivity index is 1.41. The van der Waals surface area contributed by atoms with Crippen molar-refractivity contribution in [3.8, 4) is 0 Å². The highest BCUT2D eigenvalue weighted by atomic mass is 16.5. The second-order valence-electron chi connectivity index (χ2n) is 7.31. The molecule has 8 nitrogen and oxygen atoms in total. The molecule has 0 radical (unpaired) electrons. The molecule has 0 spiro atoms. The molecule has 1 unspecified atom stereocenters. The van der Waals surface area contributed by atoms with Gasteiger partial charge in [0.2, 0.25) is 11.8 Å². The Hall–Kier alpha value is -2.74. The average Bonchev–Trinajstić information content (AvgIpc) is 3.14. The minimum Gasteiger partial charge on any atom is -0.381 e. The van der Waals surface area contributed by atoms with Crippen LogP contribution in [0.2, 0.25) is 0 Å². The predicted octanol–water partition coefficient (Wildman–Crippen LogP) is 0.494. The molecular formula is C20H24N4O4. The van der Waals surface area contributed by atoms with Gasteiger partial charge in [-0.05, 0) is 18.9 Å². The van der Waals surface area contributed by atoms with Crippen molar-refractivity contribution in [3.05, 3.63) is 40.8 Å². The van der Waals surface area contributed by atoms with Crippen molar-refractivity contribution in [1.29, 1.82) is 0 Å². The number of nitrogens with zero attached hydrogens (tertiary/aromatic N) is 4. The summed E-state index contributed by atoms with van der Waals surface area (Å²) in [6.07, 6.45) is 3.11. The van der Waals surface area contributed by atoms with Crippen LogP contribution < -0.4 is 5.56 Å². The summed E-state index contributed by atoms with van der Waals surface area (Å²) in [5.41, 5.74) is -0.265. The van der Waals surface area contributed by atoms with Crippen molar-refractivity contribution in [2.45, 2.75) is 19.4 Å². The van der Waals surface area contributed by atoms with E-state index in [1.807, 2.05) is 17.0 Å². The van der Waals surface area contributed by atoms with Crippen LogP contribution in [0.3, 0.4) is 0 Å². The number of hydrogen-bond acceptors (Lipinski definition) is 5. The van der Waals surface area contributed by atoms with Crippen LogP contribution in [0.4, 0.5) is 0 Å².